The molecule has 0 spiro atoms. The first-order valence-electron chi connectivity index (χ1n) is 13.4. The number of benzene rings is 2. The van der Waals surface area contributed by atoms with Gasteiger partial charge in [-0.25, -0.2) is 15.0 Å². The summed E-state index contributed by atoms with van der Waals surface area (Å²) in [6, 6.07) is 20.9. The van der Waals surface area contributed by atoms with E-state index < -0.39 is 0 Å². The topological polar surface area (TPSA) is 72.3 Å². The van der Waals surface area contributed by atoms with E-state index in [4.69, 9.17) is 15.7 Å². The second kappa shape index (κ2) is 9.94. The standard InChI is InChI=1S/C31H34N6/c1-3-36(2)20-21-9-11-24(12-10-21)31-35-28(29-30(32)33-17-18-37(29)31)25-14-13-23-15-16-26(34-27(23)19-25)22-7-5-4-6-8-22/h4-8,13-19,21,24H,3,9-12,20H2,1-2H3,(H2,32,33)/t21-,24-. The third-order valence-electron chi connectivity index (χ3n) is 7.97. The van der Waals surface area contributed by atoms with Crippen LogP contribution in [0.4, 0.5) is 5.82 Å². The molecule has 2 aromatic carbocycles. The molecule has 0 aliphatic heterocycles. The van der Waals surface area contributed by atoms with Crippen molar-refractivity contribution in [2.75, 3.05) is 25.9 Å². The molecule has 0 saturated heterocycles. The molecule has 0 atom stereocenters. The molecule has 6 heteroatoms. The molecule has 0 amide bonds. The Morgan fingerprint density at radius 2 is 1.73 bits per heavy atom. The van der Waals surface area contributed by atoms with Crippen molar-refractivity contribution >= 4 is 22.2 Å². The van der Waals surface area contributed by atoms with Crippen molar-refractivity contribution in [3.63, 3.8) is 0 Å². The molecule has 188 valence electrons. The maximum atomic E-state index is 6.45. The normalized spacial score (nSPS) is 18.1. The number of pyridine rings is 1. The predicted octanol–water partition coefficient (Wildman–Crippen LogP) is 6.42. The highest BCUT2D eigenvalue weighted by Crippen LogP contribution is 2.39. The number of aromatic nitrogens is 4. The van der Waals surface area contributed by atoms with Gasteiger partial charge in [-0.15, -0.1) is 0 Å². The first kappa shape index (κ1) is 23.6. The molecule has 1 fully saturated rings. The molecule has 0 unspecified atom stereocenters. The predicted molar refractivity (Wildman–Crippen MR) is 151 cm³/mol. The summed E-state index contributed by atoms with van der Waals surface area (Å²) in [6.45, 7) is 4.52. The lowest BCUT2D eigenvalue weighted by Gasteiger charge is -2.30. The van der Waals surface area contributed by atoms with Gasteiger partial charge < -0.3 is 10.6 Å². The number of hydrogen-bond acceptors (Lipinski definition) is 5. The summed E-state index contributed by atoms with van der Waals surface area (Å²) < 4.78 is 2.18. The van der Waals surface area contributed by atoms with Crippen molar-refractivity contribution in [2.24, 2.45) is 5.92 Å². The van der Waals surface area contributed by atoms with E-state index >= 15 is 0 Å². The van der Waals surface area contributed by atoms with Crippen LogP contribution in [0.1, 0.15) is 44.3 Å². The smallest absolute Gasteiger partial charge is 0.150 e. The number of hydrogen-bond donors (Lipinski definition) is 1. The summed E-state index contributed by atoms with van der Waals surface area (Å²) in [5.41, 5.74) is 12.3. The Hall–Kier alpha value is -3.77. The maximum absolute atomic E-state index is 6.45. The van der Waals surface area contributed by atoms with Gasteiger partial charge in [0.15, 0.2) is 0 Å². The molecule has 1 aliphatic carbocycles. The average Bonchev–Trinajstić information content (AvgIpc) is 3.34. The van der Waals surface area contributed by atoms with E-state index in [1.54, 1.807) is 6.20 Å². The minimum absolute atomic E-state index is 0.425. The average molecular weight is 491 g/mol. The molecule has 6 nitrogen and oxygen atoms in total. The van der Waals surface area contributed by atoms with E-state index in [-0.39, 0.29) is 0 Å². The third kappa shape index (κ3) is 4.58. The molecule has 1 aliphatic rings. The van der Waals surface area contributed by atoms with Crippen LogP contribution in [0, 0.1) is 5.92 Å². The fourth-order valence-corrected chi connectivity index (χ4v) is 5.78. The first-order valence-corrected chi connectivity index (χ1v) is 13.4. The van der Waals surface area contributed by atoms with Crippen molar-refractivity contribution in [2.45, 2.75) is 38.5 Å². The van der Waals surface area contributed by atoms with Crippen LogP contribution >= 0.6 is 0 Å². The third-order valence-corrected chi connectivity index (χ3v) is 7.97. The van der Waals surface area contributed by atoms with Gasteiger partial charge in [0.05, 0.1) is 11.2 Å². The van der Waals surface area contributed by atoms with Crippen LogP contribution < -0.4 is 5.73 Å². The van der Waals surface area contributed by atoms with Crippen molar-refractivity contribution in [1.29, 1.82) is 0 Å². The van der Waals surface area contributed by atoms with Crippen molar-refractivity contribution < 1.29 is 0 Å². The molecular formula is C31H34N6. The fourth-order valence-electron chi connectivity index (χ4n) is 5.78. The number of fused-ring (bicyclic) bond motifs is 2. The quantitative estimate of drug-likeness (QED) is 0.297. The van der Waals surface area contributed by atoms with Gasteiger partial charge in [-0.3, -0.25) is 4.40 Å². The highest BCUT2D eigenvalue weighted by Gasteiger charge is 2.28. The van der Waals surface area contributed by atoms with E-state index in [1.807, 2.05) is 24.4 Å². The molecule has 2 N–H and O–H groups in total. The minimum Gasteiger partial charge on any atom is -0.382 e. The van der Waals surface area contributed by atoms with Crippen LogP contribution in [0.2, 0.25) is 0 Å². The number of nitrogens with zero attached hydrogens (tertiary/aromatic N) is 5. The summed E-state index contributed by atoms with van der Waals surface area (Å²) in [4.78, 5) is 17.1. The summed E-state index contributed by atoms with van der Waals surface area (Å²) >= 11 is 0. The number of imidazole rings is 1. The summed E-state index contributed by atoms with van der Waals surface area (Å²) in [5.74, 6) is 2.81. The Kier molecular flexibility index (Phi) is 6.35. The van der Waals surface area contributed by atoms with E-state index in [0.717, 1.165) is 70.1 Å². The van der Waals surface area contributed by atoms with Crippen molar-refractivity contribution in [1.82, 2.24) is 24.3 Å². The van der Waals surface area contributed by atoms with Crippen molar-refractivity contribution in [3.05, 3.63) is 78.9 Å². The lowest BCUT2D eigenvalue weighted by atomic mass is 9.81. The van der Waals surface area contributed by atoms with Crippen LogP contribution in [0.3, 0.4) is 0 Å². The van der Waals surface area contributed by atoms with Crippen LogP contribution in [0.15, 0.2) is 73.1 Å². The monoisotopic (exact) mass is 490 g/mol. The first-order chi connectivity index (χ1) is 18.1. The Morgan fingerprint density at radius 3 is 2.51 bits per heavy atom. The second-order valence-corrected chi connectivity index (χ2v) is 10.4. The Balaban J connectivity index is 1.37. The SMILES string of the molecule is CCN(C)C[C@H]1CC[C@H](c2nc(-c3ccc4ccc(-c5ccccc5)nc4c3)c3c(N)nccn32)CC1. The highest BCUT2D eigenvalue weighted by molar-refractivity contribution is 5.91. The van der Waals surface area contributed by atoms with Crippen LogP contribution in [0.25, 0.3) is 38.9 Å². The largest absolute Gasteiger partial charge is 0.382 e. The lowest BCUT2D eigenvalue weighted by Crippen LogP contribution is -2.28. The van der Waals surface area contributed by atoms with Gasteiger partial charge in [0, 0.05) is 41.4 Å². The number of nitrogens with two attached hydrogens (primary N) is 1. The number of rotatable bonds is 6. The number of anilines is 1. The Labute approximate surface area is 218 Å². The molecule has 1 saturated carbocycles. The zero-order chi connectivity index (χ0) is 25.4. The van der Waals surface area contributed by atoms with Crippen LogP contribution in [-0.4, -0.2) is 44.4 Å². The zero-order valence-corrected chi connectivity index (χ0v) is 21.6. The fraction of sp³-hybridized carbons (Fsp3) is 0.323. The lowest BCUT2D eigenvalue weighted by molar-refractivity contribution is 0.228. The Bertz CT molecular complexity index is 1530. The van der Waals surface area contributed by atoms with E-state index in [2.05, 4.69) is 70.7 Å². The van der Waals surface area contributed by atoms with Crippen LogP contribution in [0.5, 0.6) is 0 Å². The summed E-state index contributed by atoms with van der Waals surface area (Å²) in [6.07, 6.45) is 8.59. The molecule has 5 aromatic rings. The van der Waals surface area contributed by atoms with Gasteiger partial charge in [-0.05, 0) is 57.3 Å². The van der Waals surface area contributed by atoms with Gasteiger partial charge in [-0.2, -0.15) is 0 Å². The Morgan fingerprint density at radius 1 is 0.946 bits per heavy atom. The van der Waals surface area contributed by atoms with Gasteiger partial charge in [0.2, 0.25) is 0 Å². The molecule has 37 heavy (non-hydrogen) atoms. The second-order valence-electron chi connectivity index (χ2n) is 10.4. The number of nitrogen functional groups attached to an aromatic ring is 1. The highest BCUT2D eigenvalue weighted by atomic mass is 15.1. The van der Waals surface area contributed by atoms with E-state index in [9.17, 15) is 0 Å². The molecule has 0 radical (unpaired) electrons. The van der Waals surface area contributed by atoms with Crippen molar-refractivity contribution in [3.8, 4) is 22.5 Å². The van der Waals surface area contributed by atoms with E-state index in [1.165, 1.54) is 19.4 Å². The molecular weight excluding hydrogens is 456 g/mol. The molecule has 3 heterocycles. The summed E-state index contributed by atoms with van der Waals surface area (Å²) in [7, 11) is 2.22. The maximum Gasteiger partial charge on any atom is 0.150 e. The van der Waals surface area contributed by atoms with Gasteiger partial charge in [0.25, 0.3) is 0 Å². The van der Waals surface area contributed by atoms with Gasteiger partial charge in [0.1, 0.15) is 22.9 Å². The molecule has 0 bridgehead atoms. The summed E-state index contributed by atoms with van der Waals surface area (Å²) in [5, 5.41) is 1.11. The zero-order valence-electron chi connectivity index (χ0n) is 21.6. The van der Waals surface area contributed by atoms with Gasteiger partial charge >= 0.3 is 0 Å². The molecule has 3 aromatic heterocycles. The minimum atomic E-state index is 0.425. The molecule has 6 rings (SSSR count). The van der Waals surface area contributed by atoms with Crippen LogP contribution in [-0.2, 0) is 0 Å². The van der Waals surface area contributed by atoms with E-state index in [0.29, 0.717) is 11.7 Å². The van der Waals surface area contributed by atoms with Gasteiger partial charge in [-0.1, -0.05) is 55.5 Å².